The molecule has 0 fully saturated rings. The summed E-state index contributed by atoms with van der Waals surface area (Å²) in [6.07, 6.45) is 3.25. The van der Waals surface area contributed by atoms with E-state index in [0.717, 1.165) is 22.3 Å². The van der Waals surface area contributed by atoms with Gasteiger partial charge in [-0.1, -0.05) is 60.2 Å². The Labute approximate surface area is 115 Å². The third kappa shape index (κ3) is 3.33. The molecule has 0 heterocycles. The first-order chi connectivity index (χ1) is 9.08. The van der Waals surface area contributed by atoms with Crippen molar-refractivity contribution in [2.45, 2.75) is 26.9 Å². The van der Waals surface area contributed by atoms with Gasteiger partial charge in [0, 0.05) is 0 Å². The summed E-state index contributed by atoms with van der Waals surface area (Å²) in [6, 6.07) is 14.3. The molecule has 0 bridgehead atoms. The molecular formula is C18H20O. The zero-order valence-electron chi connectivity index (χ0n) is 11.7. The average molecular weight is 252 g/mol. The van der Waals surface area contributed by atoms with Gasteiger partial charge in [0.1, 0.15) is 0 Å². The Morgan fingerprint density at radius 1 is 0.947 bits per heavy atom. The quantitative estimate of drug-likeness (QED) is 0.860. The minimum Gasteiger partial charge on any atom is -0.384 e. The van der Waals surface area contributed by atoms with Gasteiger partial charge in [-0.05, 0) is 43.0 Å². The second-order valence-corrected chi connectivity index (χ2v) is 5.03. The SMILES string of the molecule is Cc1cc(C)c([C@H](O)/C=C/c2ccccc2)c(C)c1. The van der Waals surface area contributed by atoms with Crippen molar-refractivity contribution in [3.8, 4) is 0 Å². The van der Waals surface area contributed by atoms with Crippen LogP contribution in [0.15, 0.2) is 48.5 Å². The van der Waals surface area contributed by atoms with Crippen LogP contribution in [0.1, 0.15) is 33.9 Å². The van der Waals surface area contributed by atoms with Gasteiger partial charge in [0.2, 0.25) is 0 Å². The van der Waals surface area contributed by atoms with Crippen LogP contribution in [0, 0.1) is 20.8 Å². The minimum absolute atomic E-state index is 0.555. The van der Waals surface area contributed by atoms with Crippen molar-refractivity contribution in [1.29, 1.82) is 0 Å². The van der Waals surface area contributed by atoms with E-state index in [4.69, 9.17) is 0 Å². The first-order valence-corrected chi connectivity index (χ1v) is 6.57. The molecule has 0 amide bonds. The van der Waals surface area contributed by atoms with Crippen molar-refractivity contribution in [2.75, 3.05) is 0 Å². The normalized spacial score (nSPS) is 12.8. The number of hydrogen-bond donors (Lipinski definition) is 1. The standard InChI is InChI=1S/C18H20O/c1-13-11-14(2)18(15(3)12-13)17(19)10-9-16-7-5-4-6-8-16/h4-12,17,19H,1-3H3/b10-9+/t17-/m1/s1. The Balaban J connectivity index is 2.26. The molecule has 19 heavy (non-hydrogen) atoms. The summed E-state index contributed by atoms with van der Waals surface area (Å²) in [4.78, 5) is 0. The van der Waals surface area contributed by atoms with Crippen LogP contribution in [0.25, 0.3) is 6.08 Å². The van der Waals surface area contributed by atoms with Crippen molar-refractivity contribution in [3.05, 3.63) is 76.4 Å². The van der Waals surface area contributed by atoms with Gasteiger partial charge in [0.25, 0.3) is 0 Å². The van der Waals surface area contributed by atoms with E-state index in [0.29, 0.717) is 0 Å². The van der Waals surface area contributed by atoms with Gasteiger partial charge >= 0.3 is 0 Å². The van der Waals surface area contributed by atoms with E-state index in [2.05, 4.69) is 32.9 Å². The zero-order valence-corrected chi connectivity index (χ0v) is 11.7. The average Bonchev–Trinajstić information content (AvgIpc) is 2.36. The van der Waals surface area contributed by atoms with Gasteiger partial charge < -0.3 is 5.11 Å². The fourth-order valence-electron chi connectivity index (χ4n) is 2.52. The largest absolute Gasteiger partial charge is 0.384 e. The smallest absolute Gasteiger partial charge is 0.0980 e. The number of rotatable bonds is 3. The van der Waals surface area contributed by atoms with Crippen molar-refractivity contribution in [3.63, 3.8) is 0 Å². The van der Waals surface area contributed by atoms with Crippen LogP contribution in [0.4, 0.5) is 0 Å². The summed E-state index contributed by atoms with van der Waals surface area (Å²) >= 11 is 0. The highest BCUT2D eigenvalue weighted by molar-refractivity contribution is 5.51. The third-order valence-corrected chi connectivity index (χ3v) is 3.30. The molecule has 0 aromatic heterocycles. The van der Waals surface area contributed by atoms with E-state index in [1.54, 1.807) is 0 Å². The molecule has 0 radical (unpaired) electrons. The molecule has 0 saturated heterocycles. The van der Waals surface area contributed by atoms with Crippen molar-refractivity contribution in [2.24, 2.45) is 0 Å². The molecule has 0 unspecified atom stereocenters. The summed E-state index contributed by atoms with van der Waals surface area (Å²) in [5.74, 6) is 0. The molecule has 0 aliphatic carbocycles. The van der Waals surface area contributed by atoms with Crippen LogP contribution >= 0.6 is 0 Å². The third-order valence-electron chi connectivity index (χ3n) is 3.30. The molecule has 0 aliphatic heterocycles. The predicted octanol–water partition coefficient (Wildman–Crippen LogP) is 4.36. The van der Waals surface area contributed by atoms with Crippen molar-refractivity contribution >= 4 is 6.08 Å². The number of aliphatic hydroxyl groups is 1. The monoisotopic (exact) mass is 252 g/mol. The molecular weight excluding hydrogens is 232 g/mol. The predicted molar refractivity (Wildman–Crippen MR) is 81.1 cm³/mol. The second kappa shape index (κ2) is 5.85. The van der Waals surface area contributed by atoms with Crippen LogP contribution in [-0.4, -0.2) is 5.11 Å². The second-order valence-electron chi connectivity index (χ2n) is 5.03. The molecule has 1 heteroatoms. The molecule has 1 atom stereocenters. The van der Waals surface area contributed by atoms with Crippen molar-refractivity contribution in [1.82, 2.24) is 0 Å². The van der Waals surface area contributed by atoms with Gasteiger partial charge in [-0.25, -0.2) is 0 Å². The van der Waals surface area contributed by atoms with Crippen LogP contribution in [0.2, 0.25) is 0 Å². The molecule has 98 valence electrons. The number of benzene rings is 2. The van der Waals surface area contributed by atoms with Gasteiger partial charge in [-0.2, -0.15) is 0 Å². The summed E-state index contributed by atoms with van der Waals surface area (Å²) < 4.78 is 0. The van der Waals surface area contributed by atoms with E-state index in [-0.39, 0.29) is 0 Å². The topological polar surface area (TPSA) is 20.2 Å². The van der Waals surface area contributed by atoms with E-state index in [9.17, 15) is 5.11 Å². The Bertz CT molecular complexity index is 559. The molecule has 0 saturated carbocycles. The van der Waals surface area contributed by atoms with Gasteiger partial charge in [0.15, 0.2) is 0 Å². The molecule has 2 aromatic rings. The summed E-state index contributed by atoms with van der Waals surface area (Å²) in [7, 11) is 0. The van der Waals surface area contributed by atoms with Gasteiger partial charge in [0.05, 0.1) is 6.10 Å². The zero-order chi connectivity index (χ0) is 13.8. The van der Waals surface area contributed by atoms with Crippen LogP contribution in [-0.2, 0) is 0 Å². The molecule has 2 rings (SSSR count). The highest BCUT2D eigenvalue weighted by Crippen LogP contribution is 2.25. The Kier molecular flexibility index (Phi) is 4.18. The Hall–Kier alpha value is -1.86. The molecule has 2 aromatic carbocycles. The first kappa shape index (κ1) is 13.6. The maximum absolute atomic E-state index is 10.3. The van der Waals surface area contributed by atoms with E-state index < -0.39 is 6.10 Å². The van der Waals surface area contributed by atoms with Crippen LogP contribution in [0.5, 0.6) is 0 Å². The first-order valence-electron chi connectivity index (χ1n) is 6.57. The van der Waals surface area contributed by atoms with E-state index >= 15 is 0 Å². The summed E-state index contributed by atoms with van der Waals surface area (Å²) in [5.41, 5.74) is 5.63. The maximum Gasteiger partial charge on any atom is 0.0980 e. The van der Waals surface area contributed by atoms with Crippen molar-refractivity contribution < 1.29 is 5.11 Å². The molecule has 0 aliphatic rings. The van der Waals surface area contributed by atoms with Gasteiger partial charge in [-0.3, -0.25) is 0 Å². The molecule has 0 spiro atoms. The fraction of sp³-hybridized carbons (Fsp3) is 0.222. The minimum atomic E-state index is -0.555. The fourth-order valence-corrected chi connectivity index (χ4v) is 2.52. The van der Waals surface area contributed by atoms with Gasteiger partial charge in [-0.15, -0.1) is 0 Å². The molecule has 1 nitrogen and oxygen atoms in total. The Morgan fingerprint density at radius 2 is 1.53 bits per heavy atom. The number of aryl methyl sites for hydroxylation is 3. The number of hydrogen-bond acceptors (Lipinski definition) is 1. The highest BCUT2D eigenvalue weighted by Gasteiger charge is 2.10. The van der Waals surface area contributed by atoms with Crippen LogP contribution in [0.3, 0.4) is 0 Å². The van der Waals surface area contributed by atoms with E-state index in [1.807, 2.05) is 42.5 Å². The lowest BCUT2D eigenvalue weighted by molar-refractivity contribution is 0.228. The maximum atomic E-state index is 10.3. The lowest BCUT2D eigenvalue weighted by atomic mass is 9.95. The Morgan fingerprint density at radius 3 is 2.11 bits per heavy atom. The number of aliphatic hydroxyl groups excluding tert-OH is 1. The summed E-state index contributed by atoms with van der Waals surface area (Å²) in [6.45, 7) is 6.18. The highest BCUT2D eigenvalue weighted by atomic mass is 16.3. The molecule has 1 N–H and O–H groups in total. The van der Waals surface area contributed by atoms with Crippen LogP contribution < -0.4 is 0 Å². The summed E-state index contributed by atoms with van der Waals surface area (Å²) in [5, 5.41) is 10.3. The van der Waals surface area contributed by atoms with E-state index in [1.165, 1.54) is 5.56 Å². The lowest BCUT2D eigenvalue weighted by Gasteiger charge is -2.14. The lowest BCUT2D eigenvalue weighted by Crippen LogP contribution is -2.00.